The van der Waals surface area contributed by atoms with E-state index in [2.05, 4.69) is 13.5 Å². The minimum Gasteiger partial charge on any atom is -0.545 e. The minimum atomic E-state index is -1.36. The zero-order valence-corrected chi connectivity index (χ0v) is 18.9. The first-order valence-electron chi connectivity index (χ1n) is 8.83. The molecule has 0 aliphatic heterocycles. The fourth-order valence-corrected chi connectivity index (χ4v) is 2.79. The third kappa shape index (κ3) is 6.72. The van der Waals surface area contributed by atoms with E-state index in [0.29, 0.717) is 17.6 Å². The Morgan fingerprint density at radius 3 is 2.55 bits per heavy atom. The van der Waals surface area contributed by atoms with Crippen molar-refractivity contribution in [3.05, 3.63) is 72.2 Å². The topological polar surface area (TPSA) is 74.5 Å². The number of carbonyl (C=O) groups excluding carboxylic acids is 1. The van der Waals surface area contributed by atoms with Crippen LogP contribution in [0.25, 0.3) is 16.5 Å². The van der Waals surface area contributed by atoms with Crippen molar-refractivity contribution in [3.8, 4) is 5.75 Å². The first-order valence-corrected chi connectivity index (χ1v) is 8.83. The molecule has 0 bridgehead atoms. The van der Waals surface area contributed by atoms with E-state index >= 15 is 0 Å². The Hall–Kier alpha value is -2.12. The van der Waals surface area contributed by atoms with Crippen molar-refractivity contribution in [2.45, 2.75) is 19.9 Å². The molecular formula is C22H23FNNaO4. The molecule has 7 heteroatoms. The smallest absolute Gasteiger partial charge is 0.545 e. The number of aromatic hydroxyl groups is 1. The van der Waals surface area contributed by atoms with Gasteiger partial charge < -0.3 is 24.3 Å². The van der Waals surface area contributed by atoms with Crippen molar-refractivity contribution in [1.82, 2.24) is 4.57 Å². The van der Waals surface area contributed by atoms with Crippen LogP contribution in [0, 0.1) is 5.82 Å². The number of allylic oxidation sites excluding steroid dienone is 1. The van der Waals surface area contributed by atoms with Gasteiger partial charge >= 0.3 is 29.6 Å². The number of aromatic nitrogens is 1. The number of carboxylic acid groups (broad SMARTS) is 1. The van der Waals surface area contributed by atoms with Crippen LogP contribution in [0.1, 0.15) is 29.3 Å². The van der Waals surface area contributed by atoms with Gasteiger partial charge in [-0.25, -0.2) is 4.39 Å². The van der Waals surface area contributed by atoms with Crippen LogP contribution in [0.15, 0.2) is 55.2 Å². The molecule has 3 rings (SSSR count). The Morgan fingerprint density at radius 2 is 2.00 bits per heavy atom. The second-order valence-electron chi connectivity index (χ2n) is 6.27. The van der Waals surface area contributed by atoms with Gasteiger partial charge in [-0.15, -0.1) is 0 Å². The maximum Gasteiger partial charge on any atom is 1.00 e. The summed E-state index contributed by atoms with van der Waals surface area (Å²) < 4.78 is 19.8. The molecule has 1 N–H and O–H groups in total. The Balaban J connectivity index is 0.000000628. The van der Waals surface area contributed by atoms with E-state index in [-0.39, 0.29) is 46.3 Å². The zero-order valence-electron chi connectivity index (χ0n) is 16.9. The molecule has 29 heavy (non-hydrogen) atoms. The molecule has 1 aromatic heterocycles. The molecule has 0 radical (unpaired) electrons. The molecule has 0 aliphatic rings. The van der Waals surface area contributed by atoms with E-state index in [0.717, 1.165) is 18.6 Å². The molecule has 2 aromatic carbocycles. The average molecular weight is 407 g/mol. The maximum atomic E-state index is 13.4. The van der Waals surface area contributed by atoms with E-state index in [1.54, 1.807) is 35.9 Å². The van der Waals surface area contributed by atoms with Gasteiger partial charge in [0.1, 0.15) is 11.6 Å². The van der Waals surface area contributed by atoms with Crippen molar-refractivity contribution in [1.29, 1.82) is 0 Å². The maximum absolute atomic E-state index is 13.4. The van der Waals surface area contributed by atoms with Gasteiger partial charge in [-0.2, -0.15) is 0 Å². The van der Waals surface area contributed by atoms with Crippen LogP contribution < -0.4 is 34.7 Å². The summed E-state index contributed by atoms with van der Waals surface area (Å²) >= 11 is 0. The second kappa shape index (κ2) is 11.8. The van der Waals surface area contributed by atoms with Gasteiger partial charge in [0.2, 0.25) is 0 Å². The standard InChI is InChI=1S/C18H14FNO3.C4H10O.Na/c1-11(12-3-2-4-14(21)7-12)9-20-10-16(18(22)23)15-8-13(19)5-6-17(15)20;1-3-4-5-2;/h2-8,10,21H,1,9H2,(H,22,23);3-4H2,1-2H3;/q;;+1/p-1. The summed E-state index contributed by atoms with van der Waals surface area (Å²) in [5.74, 6) is -1.75. The first-order chi connectivity index (χ1) is 13.4. The Bertz CT molecular complexity index is 982. The molecular weight excluding hydrogens is 384 g/mol. The summed E-state index contributed by atoms with van der Waals surface area (Å²) in [4.78, 5) is 11.2. The summed E-state index contributed by atoms with van der Waals surface area (Å²) in [5, 5.41) is 21.1. The minimum absolute atomic E-state index is 0. The molecule has 0 atom stereocenters. The van der Waals surface area contributed by atoms with Crippen molar-refractivity contribution < 1.29 is 53.7 Å². The zero-order chi connectivity index (χ0) is 20.7. The Labute approximate surface area is 191 Å². The SMILES string of the molecule is C=C(Cn1cc(C(=O)[O-])c2cc(F)ccc21)c1cccc(O)c1.CCCOC.[Na+]. The fourth-order valence-electron chi connectivity index (χ4n) is 2.79. The van der Waals surface area contributed by atoms with E-state index in [1.807, 2.05) is 0 Å². The molecule has 5 nitrogen and oxygen atoms in total. The average Bonchev–Trinajstić information content (AvgIpc) is 3.00. The van der Waals surface area contributed by atoms with Crippen molar-refractivity contribution in [2.75, 3.05) is 13.7 Å². The molecule has 0 aliphatic carbocycles. The molecule has 0 fully saturated rings. The number of hydrogen-bond acceptors (Lipinski definition) is 4. The quantitative estimate of drug-likeness (QED) is 0.608. The van der Waals surface area contributed by atoms with E-state index in [9.17, 15) is 19.4 Å². The molecule has 3 aromatic rings. The number of phenols is 1. The van der Waals surface area contributed by atoms with Crippen molar-refractivity contribution in [2.24, 2.45) is 0 Å². The van der Waals surface area contributed by atoms with E-state index in [4.69, 9.17) is 4.74 Å². The monoisotopic (exact) mass is 407 g/mol. The Kier molecular flexibility index (Phi) is 10.1. The third-order valence-electron chi connectivity index (χ3n) is 4.09. The number of ether oxygens (including phenoxy) is 1. The number of hydrogen-bond donors (Lipinski definition) is 1. The number of aromatic carboxylic acids is 1. The van der Waals surface area contributed by atoms with Crippen LogP contribution in [-0.4, -0.2) is 29.4 Å². The van der Waals surface area contributed by atoms with Gasteiger partial charge in [-0.3, -0.25) is 0 Å². The summed E-state index contributed by atoms with van der Waals surface area (Å²) in [6.07, 6.45) is 2.53. The largest absolute Gasteiger partial charge is 1.00 e. The normalized spacial score (nSPS) is 10.0. The molecule has 148 valence electrons. The Morgan fingerprint density at radius 1 is 1.28 bits per heavy atom. The molecule has 0 saturated carbocycles. The number of benzene rings is 2. The summed E-state index contributed by atoms with van der Waals surface area (Å²) in [5.41, 5.74) is 1.94. The van der Waals surface area contributed by atoms with E-state index in [1.165, 1.54) is 24.4 Å². The number of halogens is 1. The number of rotatable bonds is 6. The predicted octanol–water partition coefficient (Wildman–Crippen LogP) is 0.610. The number of methoxy groups -OCH3 is 1. The molecule has 0 spiro atoms. The van der Waals surface area contributed by atoms with Crippen molar-refractivity contribution in [3.63, 3.8) is 0 Å². The second-order valence-corrected chi connectivity index (χ2v) is 6.27. The van der Waals surface area contributed by atoms with Gasteiger partial charge in [0.25, 0.3) is 0 Å². The van der Waals surface area contributed by atoms with Crippen LogP contribution in [0.2, 0.25) is 0 Å². The van der Waals surface area contributed by atoms with Gasteiger partial charge in [0, 0.05) is 42.9 Å². The molecule has 0 amide bonds. The molecule has 1 heterocycles. The molecule has 0 saturated heterocycles. The van der Waals surface area contributed by atoms with Gasteiger partial charge in [-0.1, -0.05) is 25.6 Å². The number of carboxylic acids is 1. The van der Waals surface area contributed by atoms with Crippen LogP contribution in [0.3, 0.4) is 0 Å². The van der Waals surface area contributed by atoms with Crippen LogP contribution in [0.4, 0.5) is 4.39 Å². The van der Waals surface area contributed by atoms with Crippen molar-refractivity contribution >= 4 is 22.4 Å². The number of phenolic OH excluding ortho intramolecular Hbond substituents is 1. The summed E-state index contributed by atoms with van der Waals surface area (Å²) in [6.45, 7) is 7.25. The van der Waals surface area contributed by atoms with Gasteiger partial charge in [0.15, 0.2) is 0 Å². The van der Waals surface area contributed by atoms with Crippen LogP contribution in [0.5, 0.6) is 5.75 Å². The van der Waals surface area contributed by atoms with E-state index < -0.39 is 11.8 Å². The fraction of sp³-hybridized carbons (Fsp3) is 0.227. The number of carbonyl (C=O) groups is 1. The third-order valence-corrected chi connectivity index (χ3v) is 4.09. The van der Waals surface area contributed by atoms with Gasteiger partial charge in [0.05, 0.1) is 5.97 Å². The number of fused-ring (bicyclic) bond motifs is 1. The molecule has 0 unspecified atom stereocenters. The summed E-state index contributed by atoms with van der Waals surface area (Å²) in [7, 11) is 1.71. The van der Waals surface area contributed by atoms with Crippen LogP contribution in [-0.2, 0) is 11.3 Å². The van der Waals surface area contributed by atoms with Crippen LogP contribution >= 0.6 is 0 Å². The first kappa shape index (κ1) is 24.9. The summed E-state index contributed by atoms with van der Waals surface area (Å²) in [6, 6.07) is 10.6. The van der Waals surface area contributed by atoms with Gasteiger partial charge in [-0.05, 0) is 47.9 Å². The predicted molar refractivity (Wildman–Crippen MR) is 106 cm³/mol. The number of nitrogens with zero attached hydrogens (tertiary/aromatic N) is 1.